The second kappa shape index (κ2) is 6.74. The summed E-state index contributed by atoms with van der Waals surface area (Å²) in [5.41, 5.74) is 6.85. The Kier molecular flexibility index (Phi) is 5.37. The third kappa shape index (κ3) is 3.74. The van der Waals surface area contributed by atoms with Crippen LogP contribution < -0.4 is 15.2 Å². The highest BCUT2D eigenvalue weighted by Crippen LogP contribution is 2.28. The predicted molar refractivity (Wildman–Crippen MR) is 88.1 cm³/mol. The van der Waals surface area contributed by atoms with Crippen LogP contribution in [0.1, 0.15) is 37.7 Å². The van der Waals surface area contributed by atoms with E-state index in [1.807, 2.05) is 0 Å². The summed E-state index contributed by atoms with van der Waals surface area (Å²) < 4.78 is 32.9. The topological polar surface area (TPSA) is 81.4 Å². The number of rotatable bonds is 4. The summed E-state index contributed by atoms with van der Waals surface area (Å²) in [7, 11) is -3.50. The molecule has 1 aromatic rings. The molecule has 0 unspecified atom stereocenters. The molecule has 0 amide bonds. The first kappa shape index (κ1) is 17.5. The minimum absolute atomic E-state index is 0. The van der Waals surface area contributed by atoms with Crippen molar-refractivity contribution in [2.75, 3.05) is 13.2 Å². The largest absolute Gasteiger partial charge is 0.493 e. The average molecular weight is 347 g/mol. The maximum Gasteiger partial charge on any atom is 0.240 e. The SMILES string of the molecule is Cl.NC1(CNS(=O)(=O)c2ccc3c(c2)CCO3)CCCCC1. The van der Waals surface area contributed by atoms with Crippen LogP contribution in [0.5, 0.6) is 5.75 Å². The predicted octanol–water partition coefficient (Wildman–Crippen LogP) is 1.98. The highest BCUT2D eigenvalue weighted by Gasteiger charge is 2.29. The Morgan fingerprint density at radius 2 is 1.95 bits per heavy atom. The van der Waals surface area contributed by atoms with Crippen molar-refractivity contribution in [3.8, 4) is 5.75 Å². The van der Waals surface area contributed by atoms with E-state index in [1.165, 1.54) is 6.42 Å². The lowest BCUT2D eigenvalue weighted by atomic mass is 9.83. The Hall–Kier alpha value is -0.820. The number of hydrogen-bond acceptors (Lipinski definition) is 4. The van der Waals surface area contributed by atoms with Crippen molar-refractivity contribution in [2.45, 2.75) is 49.0 Å². The molecule has 1 saturated carbocycles. The fourth-order valence-electron chi connectivity index (χ4n) is 3.08. The minimum atomic E-state index is -3.50. The van der Waals surface area contributed by atoms with E-state index in [9.17, 15) is 8.42 Å². The lowest BCUT2D eigenvalue weighted by molar-refractivity contribution is 0.296. The van der Waals surface area contributed by atoms with Gasteiger partial charge in [0.2, 0.25) is 10.0 Å². The van der Waals surface area contributed by atoms with Crippen molar-refractivity contribution < 1.29 is 13.2 Å². The first-order valence-electron chi connectivity index (χ1n) is 7.53. The third-order valence-corrected chi connectivity index (χ3v) is 5.83. The molecular formula is C15H23ClN2O3S. The molecule has 1 aromatic carbocycles. The molecule has 124 valence electrons. The van der Waals surface area contributed by atoms with Gasteiger partial charge in [-0.3, -0.25) is 0 Å². The van der Waals surface area contributed by atoms with E-state index in [0.29, 0.717) is 18.0 Å². The third-order valence-electron chi connectivity index (χ3n) is 4.43. The number of nitrogens with one attached hydrogen (secondary N) is 1. The molecule has 0 bridgehead atoms. The normalized spacial score (nSPS) is 19.9. The Balaban J connectivity index is 0.00000176. The van der Waals surface area contributed by atoms with Gasteiger partial charge in [-0.05, 0) is 36.6 Å². The molecule has 1 fully saturated rings. The molecule has 3 rings (SSSR count). The first-order valence-corrected chi connectivity index (χ1v) is 9.01. The number of ether oxygens (including phenoxy) is 1. The number of halogens is 1. The van der Waals surface area contributed by atoms with Gasteiger partial charge in [-0.15, -0.1) is 12.4 Å². The maximum atomic E-state index is 12.4. The highest BCUT2D eigenvalue weighted by molar-refractivity contribution is 7.89. The molecule has 0 radical (unpaired) electrons. The summed E-state index contributed by atoms with van der Waals surface area (Å²) in [6.07, 6.45) is 5.87. The highest BCUT2D eigenvalue weighted by atomic mass is 35.5. The van der Waals surface area contributed by atoms with Gasteiger partial charge in [-0.1, -0.05) is 19.3 Å². The minimum Gasteiger partial charge on any atom is -0.493 e. The lowest BCUT2D eigenvalue weighted by Gasteiger charge is -2.33. The van der Waals surface area contributed by atoms with Crippen LogP contribution in [-0.4, -0.2) is 27.1 Å². The average Bonchev–Trinajstić information content (AvgIpc) is 2.94. The number of nitrogens with two attached hydrogens (primary N) is 1. The van der Waals surface area contributed by atoms with E-state index in [-0.39, 0.29) is 12.4 Å². The van der Waals surface area contributed by atoms with Crippen LogP contribution >= 0.6 is 12.4 Å². The van der Waals surface area contributed by atoms with Gasteiger partial charge in [-0.2, -0.15) is 0 Å². The zero-order valence-electron chi connectivity index (χ0n) is 12.5. The number of fused-ring (bicyclic) bond motifs is 1. The van der Waals surface area contributed by atoms with Crippen LogP contribution in [-0.2, 0) is 16.4 Å². The molecular weight excluding hydrogens is 324 g/mol. The summed E-state index contributed by atoms with van der Waals surface area (Å²) in [6, 6.07) is 5.03. The molecule has 7 heteroatoms. The van der Waals surface area contributed by atoms with Gasteiger partial charge in [0.1, 0.15) is 5.75 Å². The summed E-state index contributed by atoms with van der Waals surface area (Å²) in [5.74, 6) is 0.788. The first-order chi connectivity index (χ1) is 9.99. The van der Waals surface area contributed by atoms with Crippen molar-refractivity contribution in [2.24, 2.45) is 5.73 Å². The number of benzene rings is 1. The van der Waals surface area contributed by atoms with E-state index in [1.54, 1.807) is 18.2 Å². The Labute approximate surface area is 138 Å². The van der Waals surface area contributed by atoms with Crippen LogP contribution in [0, 0.1) is 0 Å². The summed E-state index contributed by atoms with van der Waals surface area (Å²) >= 11 is 0. The van der Waals surface area contributed by atoms with E-state index in [4.69, 9.17) is 10.5 Å². The van der Waals surface area contributed by atoms with Crippen LogP contribution in [0.2, 0.25) is 0 Å². The van der Waals surface area contributed by atoms with Gasteiger partial charge >= 0.3 is 0 Å². The van der Waals surface area contributed by atoms with E-state index >= 15 is 0 Å². The molecule has 0 atom stereocenters. The molecule has 2 aliphatic rings. The van der Waals surface area contributed by atoms with Gasteiger partial charge in [-0.25, -0.2) is 13.1 Å². The second-order valence-corrected chi connectivity index (χ2v) is 7.88. The molecule has 0 saturated heterocycles. The molecule has 22 heavy (non-hydrogen) atoms. The monoisotopic (exact) mass is 346 g/mol. The Bertz CT molecular complexity index is 628. The van der Waals surface area contributed by atoms with Gasteiger partial charge in [0.05, 0.1) is 11.5 Å². The van der Waals surface area contributed by atoms with Crippen molar-refractivity contribution in [1.29, 1.82) is 0 Å². The van der Waals surface area contributed by atoms with Crippen LogP contribution in [0.15, 0.2) is 23.1 Å². The molecule has 1 heterocycles. The van der Waals surface area contributed by atoms with Crippen molar-refractivity contribution in [3.63, 3.8) is 0 Å². The van der Waals surface area contributed by atoms with Crippen molar-refractivity contribution in [3.05, 3.63) is 23.8 Å². The van der Waals surface area contributed by atoms with Gasteiger partial charge < -0.3 is 10.5 Å². The van der Waals surface area contributed by atoms with Crippen molar-refractivity contribution in [1.82, 2.24) is 4.72 Å². The Morgan fingerprint density at radius 3 is 2.68 bits per heavy atom. The smallest absolute Gasteiger partial charge is 0.240 e. The van der Waals surface area contributed by atoms with Gasteiger partial charge in [0.25, 0.3) is 0 Å². The summed E-state index contributed by atoms with van der Waals surface area (Å²) in [4.78, 5) is 0.297. The zero-order chi connectivity index (χ0) is 14.9. The molecule has 1 aliphatic heterocycles. The maximum absolute atomic E-state index is 12.4. The van der Waals surface area contributed by atoms with Crippen molar-refractivity contribution >= 4 is 22.4 Å². The molecule has 0 aromatic heterocycles. The van der Waals surface area contributed by atoms with Crippen LogP contribution in [0.25, 0.3) is 0 Å². The standard InChI is InChI=1S/C15H22N2O3S.ClH/c16-15(7-2-1-3-8-15)11-17-21(18,19)13-4-5-14-12(10-13)6-9-20-14;/h4-5,10,17H,1-3,6-9,11,16H2;1H. The summed E-state index contributed by atoms with van der Waals surface area (Å²) in [6.45, 7) is 0.932. The van der Waals surface area contributed by atoms with Gasteiger partial charge in [0.15, 0.2) is 0 Å². The number of hydrogen-bond donors (Lipinski definition) is 2. The van der Waals surface area contributed by atoms with Crippen LogP contribution in [0.4, 0.5) is 0 Å². The lowest BCUT2D eigenvalue weighted by Crippen LogP contribution is -2.51. The molecule has 5 nitrogen and oxygen atoms in total. The summed E-state index contributed by atoms with van der Waals surface area (Å²) in [5, 5.41) is 0. The van der Waals surface area contributed by atoms with E-state index in [0.717, 1.165) is 43.4 Å². The molecule has 1 aliphatic carbocycles. The van der Waals surface area contributed by atoms with E-state index in [2.05, 4.69) is 4.72 Å². The second-order valence-electron chi connectivity index (χ2n) is 6.12. The quantitative estimate of drug-likeness (QED) is 0.873. The van der Waals surface area contributed by atoms with Crippen LogP contribution in [0.3, 0.4) is 0 Å². The fourth-order valence-corrected chi connectivity index (χ4v) is 4.27. The van der Waals surface area contributed by atoms with Gasteiger partial charge in [0, 0.05) is 18.5 Å². The zero-order valence-corrected chi connectivity index (χ0v) is 14.1. The fraction of sp³-hybridized carbons (Fsp3) is 0.600. The molecule has 3 N–H and O–H groups in total. The number of sulfonamides is 1. The Morgan fingerprint density at radius 1 is 1.23 bits per heavy atom. The molecule has 0 spiro atoms. The van der Waals surface area contributed by atoms with E-state index < -0.39 is 15.6 Å².